The van der Waals surface area contributed by atoms with Gasteiger partial charge in [0.15, 0.2) is 0 Å². The van der Waals surface area contributed by atoms with Crippen molar-refractivity contribution >= 4 is 33.5 Å². The molecule has 0 amide bonds. The van der Waals surface area contributed by atoms with Crippen LogP contribution in [0.3, 0.4) is 0 Å². The van der Waals surface area contributed by atoms with Gasteiger partial charge in [0.25, 0.3) is 0 Å². The highest BCUT2D eigenvalue weighted by Gasteiger charge is 2.29. The van der Waals surface area contributed by atoms with E-state index in [-0.39, 0.29) is 6.04 Å². The summed E-state index contributed by atoms with van der Waals surface area (Å²) in [6.07, 6.45) is 4.36. The van der Waals surface area contributed by atoms with Crippen molar-refractivity contribution in [1.29, 1.82) is 0 Å². The van der Waals surface area contributed by atoms with Crippen LogP contribution < -0.4 is 5.73 Å². The van der Waals surface area contributed by atoms with E-state index in [2.05, 4.69) is 0 Å². The summed E-state index contributed by atoms with van der Waals surface area (Å²) in [6.45, 7) is 1.34. The van der Waals surface area contributed by atoms with Crippen molar-refractivity contribution in [1.82, 2.24) is 4.31 Å². The van der Waals surface area contributed by atoms with Gasteiger partial charge >= 0.3 is 0 Å². The standard InChI is InChI=1S/C12H24N2O2S3/c1-19(15,16)14-4-2-3-10(8-14)7-11(13)12-9-17-5-6-18-12/h10-12H,2-9,13H2,1H3. The minimum absolute atomic E-state index is 0.210. The van der Waals surface area contributed by atoms with Crippen molar-refractivity contribution in [2.24, 2.45) is 11.7 Å². The fourth-order valence-electron chi connectivity index (χ4n) is 2.81. The van der Waals surface area contributed by atoms with Crippen molar-refractivity contribution in [2.45, 2.75) is 30.6 Å². The minimum atomic E-state index is -3.04. The van der Waals surface area contributed by atoms with Crippen LogP contribution in [0.1, 0.15) is 19.3 Å². The molecule has 0 aromatic carbocycles. The van der Waals surface area contributed by atoms with E-state index in [0.29, 0.717) is 24.3 Å². The maximum absolute atomic E-state index is 11.6. The summed E-state index contributed by atoms with van der Waals surface area (Å²) >= 11 is 3.98. The highest BCUT2D eigenvalue weighted by Crippen LogP contribution is 2.30. The Morgan fingerprint density at radius 1 is 1.42 bits per heavy atom. The monoisotopic (exact) mass is 324 g/mol. The molecule has 4 nitrogen and oxygen atoms in total. The molecular weight excluding hydrogens is 300 g/mol. The van der Waals surface area contributed by atoms with Gasteiger partial charge in [-0.25, -0.2) is 12.7 Å². The van der Waals surface area contributed by atoms with Crippen LogP contribution in [-0.4, -0.2) is 60.6 Å². The molecule has 2 heterocycles. The first-order valence-electron chi connectivity index (χ1n) is 6.87. The largest absolute Gasteiger partial charge is 0.327 e. The molecule has 3 unspecified atom stereocenters. The molecule has 2 rings (SSSR count). The normalized spacial score (nSPS) is 32.1. The van der Waals surface area contributed by atoms with Crippen molar-refractivity contribution in [3.63, 3.8) is 0 Å². The second-order valence-electron chi connectivity index (χ2n) is 5.51. The third-order valence-electron chi connectivity index (χ3n) is 3.88. The minimum Gasteiger partial charge on any atom is -0.327 e. The molecule has 7 heteroatoms. The molecule has 2 aliphatic heterocycles. The first-order valence-corrected chi connectivity index (χ1v) is 10.9. The molecule has 0 aliphatic carbocycles. The SMILES string of the molecule is CS(=O)(=O)N1CCCC(CC(N)C2CSCCS2)C1. The Morgan fingerprint density at radius 3 is 2.84 bits per heavy atom. The number of hydrogen-bond acceptors (Lipinski definition) is 5. The Balaban J connectivity index is 1.84. The summed E-state index contributed by atoms with van der Waals surface area (Å²) in [4.78, 5) is 0. The van der Waals surface area contributed by atoms with E-state index in [0.717, 1.165) is 25.0 Å². The summed E-state index contributed by atoms with van der Waals surface area (Å²) in [5, 5.41) is 0.548. The van der Waals surface area contributed by atoms with Gasteiger partial charge < -0.3 is 5.73 Å². The third-order valence-corrected chi connectivity index (χ3v) is 8.09. The highest BCUT2D eigenvalue weighted by molar-refractivity contribution is 8.06. The first kappa shape index (κ1) is 15.9. The number of hydrogen-bond donors (Lipinski definition) is 1. The average Bonchev–Trinajstić information content (AvgIpc) is 2.39. The van der Waals surface area contributed by atoms with Crippen molar-refractivity contribution in [3.8, 4) is 0 Å². The molecule has 19 heavy (non-hydrogen) atoms. The topological polar surface area (TPSA) is 63.4 Å². The molecule has 2 saturated heterocycles. The third kappa shape index (κ3) is 4.81. The number of rotatable bonds is 4. The quantitative estimate of drug-likeness (QED) is 0.842. The summed E-state index contributed by atoms with van der Waals surface area (Å²) in [5.74, 6) is 4.02. The molecule has 0 bridgehead atoms. The second-order valence-corrected chi connectivity index (χ2v) is 9.99. The Bertz CT molecular complexity index is 382. The van der Waals surface area contributed by atoms with Gasteiger partial charge in [0.05, 0.1) is 6.26 Å². The fraction of sp³-hybridized carbons (Fsp3) is 1.00. The predicted octanol–water partition coefficient (Wildman–Crippen LogP) is 1.22. The first-order chi connectivity index (χ1) is 8.97. The summed E-state index contributed by atoms with van der Waals surface area (Å²) in [5.41, 5.74) is 6.33. The predicted molar refractivity (Wildman–Crippen MR) is 85.3 cm³/mol. The number of nitrogens with two attached hydrogens (primary N) is 1. The van der Waals surface area contributed by atoms with E-state index < -0.39 is 10.0 Å². The lowest BCUT2D eigenvalue weighted by Crippen LogP contribution is -2.43. The smallest absolute Gasteiger partial charge is 0.211 e. The Hall–Kier alpha value is 0.570. The Kier molecular flexibility index (Phi) is 5.90. The Labute approximate surface area is 125 Å². The number of thioether (sulfide) groups is 2. The van der Waals surface area contributed by atoms with Crippen LogP contribution in [0.15, 0.2) is 0 Å². The van der Waals surface area contributed by atoms with Crippen molar-refractivity contribution in [2.75, 3.05) is 36.6 Å². The van der Waals surface area contributed by atoms with Gasteiger partial charge in [-0.05, 0) is 25.2 Å². The van der Waals surface area contributed by atoms with Crippen LogP contribution in [-0.2, 0) is 10.0 Å². The zero-order valence-corrected chi connectivity index (χ0v) is 13.9. The van der Waals surface area contributed by atoms with Crippen molar-refractivity contribution < 1.29 is 8.42 Å². The van der Waals surface area contributed by atoms with E-state index in [1.807, 2.05) is 23.5 Å². The molecule has 0 saturated carbocycles. The molecule has 0 spiro atoms. The van der Waals surface area contributed by atoms with Crippen LogP contribution >= 0.6 is 23.5 Å². The lowest BCUT2D eigenvalue weighted by atomic mass is 9.92. The van der Waals surface area contributed by atoms with Gasteiger partial charge in [-0.15, -0.1) is 0 Å². The van der Waals surface area contributed by atoms with Crippen molar-refractivity contribution in [3.05, 3.63) is 0 Å². The summed E-state index contributed by atoms with van der Waals surface area (Å²) in [7, 11) is -3.04. The summed E-state index contributed by atoms with van der Waals surface area (Å²) in [6, 6.07) is 0.210. The number of piperidine rings is 1. The second kappa shape index (κ2) is 7.02. The van der Waals surface area contributed by atoms with E-state index in [1.165, 1.54) is 17.8 Å². The van der Waals surface area contributed by atoms with Crippen LogP contribution in [0, 0.1) is 5.92 Å². The van der Waals surface area contributed by atoms with E-state index in [1.54, 1.807) is 4.31 Å². The lowest BCUT2D eigenvalue weighted by molar-refractivity contribution is 0.246. The van der Waals surface area contributed by atoms with Gasteiger partial charge in [0.2, 0.25) is 10.0 Å². The molecule has 0 aromatic rings. The molecule has 112 valence electrons. The van der Waals surface area contributed by atoms with E-state index >= 15 is 0 Å². The van der Waals surface area contributed by atoms with Crippen LogP contribution in [0.2, 0.25) is 0 Å². The number of sulfonamides is 1. The van der Waals surface area contributed by atoms with Gasteiger partial charge in [-0.2, -0.15) is 23.5 Å². The lowest BCUT2D eigenvalue weighted by Gasteiger charge is -2.34. The fourth-order valence-corrected chi connectivity index (χ4v) is 6.59. The maximum Gasteiger partial charge on any atom is 0.211 e. The number of nitrogens with zero attached hydrogens (tertiary/aromatic N) is 1. The average molecular weight is 325 g/mol. The molecule has 2 aliphatic rings. The summed E-state index contributed by atoms with van der Waals surface area (Å²) < 4.78 is 24.8. The molecular formula is C12H24N2O2S3. The molecule has 0 aromatic heterocycles. The highest BCUT2D eigenvalue weighted by atomic mass is 32.2. The zero-order valence-electron chi connectivity index (χ0n) is 11.5. The van der Waals surface area contributed by atoms with Crippen LogP contribution in [0.5, 0.6) is 0 Å². The van der Waals surface area contributed by atoms with E-state index in [9.17, 15) is 8.42 Å². The van der Waals surface area contributed by atoms with Gasteiger partial charge in [0, 0.05) is 41.6 Å². The van der Waals surface area contributed by atoms with Gasteiger partial charge in [-0.1, -0.05) is 0 Å². The molecule has 2 N–H and O–H groups in total. The molecule has 3 atom stereocenters. The van der Waals surface area contributed by atoms with Crippen LogP contribution in [0.4, 0.5) is 0 Å². The maximum atomic E-state index is 11.6. The zero-order chi connectivity index (χ0) is 13.9. The molecule has 2 fully saturated rings. The molecule has 0 radical (unpaired) electrons. The van der Waals surface area contributed by atoms with Gasteiger partial charge in [-0.3, -0.25) is 0 Å². The Morgan fingerprint density at radius 2 is 2.21 bits per heavy atom. The van der Waals surface area contributed by atoms with E-state index in [4.69, 9.17) is 5.73 Å². The van der Waals surface area contributed by atoms with Crippen LogP contribution in [0.25, 0.3) is 0 Å². The van der Waals surface area contributed by atoms with Gasteiger partial charge in [0.1, 0.15) is 0 Å².